The molecule has 0 aromatic heterocycles. The zero-order valence-electron chi connectivity index (χ0n) is 13.1. The minimum absolute atomic E-state index is 0.228. The van der Waals surface area contributed by atoms with Crippen molar-refractivity contribution in [2.24, 2.45) is 0 Å². The standard InChI is InChI=1S/C14H24O8/c1-4-5-6-19-12-11(17)10(7-20-8(2)15)22-14(18)13(12)21-9(3)16/h10-14,17-18H,4-7H2,1-3H3. The van der Waals surface area contributed by atoms with Crippen LogP contribution in [-0.4, -0.2) is 66.1 Å². The first kappa shape index (κ1) is 18.8. The van der Waals surface area contributed by atoms with Gasteiger partial charge in [0.05, 0.1) is 0 Å². The molecular weight excluding hydrogens is 296 g/mol. The van der Waals surface area contributed by atoms with Crippen LogP contribution in [0.1, 0.15) is 33.6 Å². The average Bonchev–Trinajstić information content (AvgIpc) is 2.43. The molecule has 5 unspecified atom stereocenters. The summed E-state index contributed by atoms with van der Waals surface area (Å²) in [7, 11) is 0. The maximum Gasteiger partial charge on any atom is 0.303 e. The summed E-state index contributed by atoms with van der Waals surface area (Å²) >= 11 is 0. The van der Waals surface area contributed by atoms with Crippen molar-refractivity contribution in [3.63, 3.8) is 0 Å². The SMILES string of the molecule is CCCCOC1C(O)C(COC(C)=O)OC(O)C1OC(C)=O. The molecular formula is C14H24O8. The first-order valence-corrected chi connectivity index (χ1v) is 7.30. The zero-order valence-corrected chi connectivity index (χ0v) is 13.1. The van der Waals surface area contributed by atoms with Crippen LogP contribution in [0, 0.1) is 0 Å². The van der Waals surface area contributed by atoms with Crippen LogP contribution in [0.4, 0.5) is 0 Å². The molecule has 128 valence electrons. The van der Waals surface area contributed by atoms with Crippen molar-refractivity contribution in [2.75, 3.05) is 13.2 Å². The molecule has 8 heteroatoms. The molecule has 1 aliphatic heterocycles. The highest BCUT2D eigenvalue weighted by atomic mass is 16.7. The van der Waals surface area contributed by atoms with Crippen molar-refractivity contribution >= 4 is 11.9 Å². The Kier molecular flexibility index (Phi) is 7.74. The van der Waals surface area contributed by atoms with E-state index in [9.17, 15) is 19.8 Å². The maximum atomic E-state index is 11.1. The summed E-state index contributed by atoms with van der Waals surface area (Å²) in [5.41, 5.74) is 0. The molecule has 0 bridgehead atoms. The summed E-state index contributed by atoms with van der Waals surface area (Å²) < 4.78 is 20.5. The van der Waals surface area contributed by atoms with Gasteiger partial charge in [-0.15, -0.1) is 0 Å². The Balaban J connectivity index is 2.77. The summed E-state index contributed by atoms with van der Waals surface area (Å²) in [5, 5.41) is 20.3. The van der Waals surface area contributed by atoms with Crippen LogP contribution >= 0.6 is 0 Å². The lowest BCUT2D eigenvalue weighted by Crippen LogP contribution is -2.60. The highest BCUT2D eigenvalue weighted by Gasteiger charge is 2.47. The normalized spacial score (nSPS) is 31.6. The Morgan fingerprint density at radius 3 is 2.36 bits per heavy atom. The number of carbonyl (C=O) groups excluding carboxylic acids is 2. The van der Waals surface area contributed by atoms with Gasteiger partial charge >= 0.3 is 11.9 Å². The Labute approximate surface area is 129 Å². The summed E-state index contributed by atoms with van der Waals surface area (Å²) in [5.74, 6) is -1.15. The average molecular weight is 320 g/mol. The number of rotatable bonds is 7. The molecule has 1 fully saturated rings. The highest BCUT2D eigenvalue weighted by molar-refractivity contribution is 5.66. The molecule has 0 amide bonds. The number of hydrogen-bond acceptors (Lipinski definition) is 8. The minimum atomic E-state index is -1.47. The Hall–Kier alpha value is -1.22. The van der Waals surface area contributed by atoms with Gasteiger partial charge in [-0.1, -0.05) is 13.3 Å². The van der Waals surface area contributed by atoms with E-state index < -0.39 is 42.6 Å². The van der Waals surface area contributed by atoms with Crippen molar-refractivity contribution in [1.82, 2.24) is 0 Å². The third kappa shape index (κ3) is 5.53. The molecule has 0 aromatic rings. The van der Waals surface area contributed by atoms with Crippen LogP contribution in [0.25, 0.3) is 0 Å². The van der Waals surface area contributed by atoms with Crippen molar-refractivity contribution < 1.29 is 38.7 Å². The summed E-state index contributed by atoms with van der Waals surface area (Å²) in [4.78, 5) is 22.0. The largest absolute Gasteiger partial charge is 0.463 e. The predicted molar refractivity (Wildman–Crippen MR) is 73.7 cm³/mol. The van der Waals surface area contributed by atoms with Crippen LogP contribution in [0.3, 0.4) is 0 Å². The first-order chi connectivity index (χ1) is 10.4. The molecule has 5 atom stereocenters. The third-order valence-corrected chi connectivity index (χ3v) is 3.20. The molecule has 1 saturated heterocycles. The molecule has 1 rings (SSSR count). The van der Waals surface area contributed by atoms with Crippen molar-refractivity contribution in [3.05, 3.63) is 0 Å². The van der Waals surface area contributed by atoms with E-state index in [1.54, 1.807) is 0 Å². The number of unbranched alkanes of at least 4 members (excludes halogenated alkanes) is 1. The highest BCUT2D eigenvalue weighted by Crippen LogP contribution is 2.25. The van der Waals surface area contributed by atoms with Gasteiger partial charge in [0.2, 0.25) is 0 Å². The Bertz CT molecular complexity index is 372. The number of hydrogen-bond donors (Lipinski definition) is 2. The number of ether oxygens (including phenoxy) is 4. The summed E-state index contributed by atoms with van der Waals surface area (Å²) in [6.07, 6.45) is -4.10. The molecule has 0 saturated carbocycles. The second kappa shape index (κ2) is 9.04. The zero-order chi connectivity index (χ0) is 16.7. The fraction of sp³-hybridized carbons (Fsp3) is 0.857. The van der Waals surface area contributed by atoms with Gasteiger partial charge in [-0.05, 0) is 6.42 Å². The second-order valence-electron chi connectivity index (χ2n) is 5.12. The van der Waals surface area contributed by atoms with Gasteiger partial charge in [0, 0.05) is 20.5 Å². The summed E-state index contributed by atoms with van der Waals surface area (Å²) in [6, 6.07) is 0. The smallest absolute Gasteiger partial charge is 0.303 e. The van der Waals surface area contributed by atoms with E-state index in [0.717, 1.165) is 12.8 Å². The Morgan fingerprint density at radius 2 is 1.82 bits per heavy atom. The topological polar surface area (TPSA) is 112 Å². The van der Waals surface area contributed by atoms with E-state index in [4.69, 9.17) is 18.9 Å². The quantitative estimate of drug-likeness (QED) is 0.488. The van der Waals surface area contributed by atoms with Crippen LogP contribution in [-0.2, 0) is 28.5 Å². The van der Waals surface area contributed by atoms with Gasteiger partial charge in [-0.25, -0.2) is 0 Å². The van der Waals surface area contributed by atoms with Crippen molar-refractivity contribution in [3.8, 4) is 0 Å². The van der Waals surface area contributed by atoms with Gasteiger partial charge in [0.25, 0.3) is 0 Å². The lowest BCUT2D eigenvalue weighted by atomic mass is 9.98. The number of aliphatic hydroxyl groups excluding tert-OH is 2. The van der Waals surface area contributed by atoms with E-state index in [0.29, 0.717) is 6.61 Å². The molecule has 1 aliphatic rings. The monoisotopic (exact) mass is 320 g/mol. The molecule has 0 aromatic carbocycles. The fourth-order valence-corrected chi connectivity index (χ4v) is 2.12. The molecule has 0 radical (unpaired) electrons. The third-order valence-electron chi connectivity index (χ3n) is 3.20. The van der Waals surface area contributed by atoms with Gasteiger partial charge in [0.15, 0.2) is 12.4 Å². The van der Waals surface area contributed by atoms with Crippen LogP contribution < -0.4 is 0 Å². The molecule has 0 spiro atoms. The van der Waals surface area contributed by atoms with E-state index in [2.05, 4.69) is 0 Å². The van der Waals surface area contributed by atoms with Gasteiger partial charge < -0.3 is 29.2 Å². The minimum Gasteiger partial charge on any atom is -0.463 e. The van der Waals surface area contributed by atoms with Gasteiger partial charge in [0.1, 0.15) is 24.9 Å². The number of carbonyl (C=O) groups is 2. The molecule has 0 aliphatic carbocycles. The number of esters is 2. The van der Waals surface area contributed by atoms with Crippen molar-refractivity contribution in [2.45, 2.75) is 64.3 Å². The van der Waals surface area contributed by atoms with Gasteiger partial charge in [-0.2, -0.15) is 0 Å². The molecule has 1 heterocycles. The van der Waals surface area contributed by atoms with E-state index in [1.165, 1.54) is 13.8 Å². The molecule has 22 heavy (non-hydrogen) atoms. The van der Waals surface area contributed by atoms with E-state index in [-0.39, 0.29) is 6.61 Å². The maximum absolute atomic E-state index is 11.1. The summed E-state index contributed by atoms with van der Waals surface area (Å²) in [6.45, 7) is 4.50. The fourth-order valence-electron chi connectivity index (χ4n) is 2.12. The van der Waals surface area contributed by atoms with Crippen LogP contribution in [0.15, 0.2) is 0 Å². The Morgan fingerprint density at radius 1 is 1.14 bits per heavy atom. The van der Waals surface area contributed by atoms with E-state index in [1.807, 2.05) is 6.92 Å². The van der Waals surface area contributed by atoms with E-state index >= 15 is 0 Å². The van der Waals surface area contributed by atoms with Crippen LogP contribution in [0.2, 0.25) is 0 Å². The number of aliphatic hydroxyl groups is 2. The van der Waals surface area contributed by atoms with Crippen molar-refractivity contribution in [1.29, 1.82) is 0 Å². The molecule has 8 nitrogen and oxygen atoms in total. The van der Waals surface area contributed by atoms with Gasteiger partial charge in [-0.3, -0.25) is 9.59 Å². The molecule has 2 N–H and O–H groups in total. The first-order valence-electron chi connectivity index (χ1n) is 7.30. The van der Waals surface area contributed by atoms with Crippen LogP contribution in [0.5, 0.6) is 0 Å². The lowest BCUT2D eigenvalue weighted by molar-refractivity contribution is -0.298. The lowest BCUT2D eigenvalue weighted by Gasteiger charge is -2.41. The second-order valence-corrected chi connectivity index (χ2v) is 5.12. The predicted octanol–water partition coefficient (Wildman–Crippen LogP) is -0.255.